The molecule has 4 rings (SSSR count). The highest BCUT2D eigenvalue weighted by Crippen LogP contribution is 2.31. The lowest BCUT2D eigenvalue weighted by atomic mass is 9.82. The van der Waals surface area contributed by atoms with E-state index in [1.54, 1.807) is 0 Å². The van der Waals surface area contributed by atoms with E-state index < -0.39 is 11.9 Å². The number of aromatic nitrogens is 4. The minimum atomic E-state index is -4.55. The average Bonchev–Trinajstić information content (AvgIpc) is 2.62. The van der Waals surface area contributed by atoms with Gasteiger partial charge in [-0.05, 0) is 63.5 Å². The second-order valence-electron chi connectivity index (χ2n) is 8.24. The third-order valence-electron chi connectivity index (χ3n) is 5.81. The molecule has 9 heteroatoms. The second kappa shape index (κ2) is 8.72. The van der Waals surface area contributed by atoms with Gasteiger partial charge in [0, 0.05) is 11.4 Å². The third-order valence-corrected chi connectivity index (χ3v) is 5.81. The first-order valence-electron chi connectivity index (χ1n) is 10.6. The zero-order valence-corrected chi connectivity index (χ0v) is 17.6. The topological polar surface area (TPSA) is 76.0 Å². The summed E-state index contributed by atoms with van der Waals surface area (Å²) in [7, 11) is 0. The molecule has 0 saturated heterocycles. The Labute approximate surface area is 179 Å². The van der Waals surface area contributed by atoms with Gasteiger partial charge >= 0.3 is 6.18 Å². The van der Waals surface area contributed by atoms with Crippen LogP contribution in [0.3, 0.4) is 0 Å². The van der Waals surface area contributed by atoms with Crippen molar-refractivity contribution in [2.75, 3.05) is 5.32 Å². The van der Waals surface area contributed by atoms with Crippen LogP contribution in [0.1, 0.15) is 58.1 Å². The summed E-state index contributed by atoms with van der Waals surface area (Å²) in [6, 6.07) is 3.68. The molecule has 0 aliphatic heterocycles. The predicted molar refractivity (Wildman–Crippen MR) is 113 cm³/mol. The summed E-state index contributed by atoms with van der Waals surface area (Å²) in [4.78, 5) is 21.3. The number of allylic oxidation sites excluding steroid dienone is 2. The highest BCUT2D eigenvalue weighted by molar-refractivity contribution is 5.86. The molecule has 2 aliphatic rings. The number of alkyl halides is 3. The minimum Gasteiger partial charge on any atom is -0.328 e. The molecule has 0 atom stereocenters. The molecule has 1 N–H and O–H groups in total. The normalized spacial score (nSPS) is 18.5. The van der Waals surface area contributed by atoms with Crippen molar-refractivity contribution < 1.29 is 13.2 Å². The summed E-state index contributed by atoms with van der Waals surface area (Å²) < 4.78 is 39.4. The molecule has 2 fully saturated rings. The molecular formula is C22H25F3N6. The first kappa shape index (κ1) is 21.4. The molecule has 0 spiro atoms. The van der Waals surface area contributed by atoms with E-state index in [1.807, 2.05) is 13.8 Å². The summed E-state index contributed by atoms with van der Waals surface area (Å²) in [5.74, 6) is 1.42. The number of hydrogen-bond acceptors (Lipinski definition) is 6. The van der Waals surface area contributed by atoms with Gasteiger partial charge in [-0.15, -0.1) is 0 Å². The van der Waals surface area contributed by atoms with Crippen LogP contribution in [-0.4, -0.2) is 25.6 Å². The number of pyridine rings is 1. The van der Waals surface area contributed by atoms with Crippen molar-refractivity contribution in [1.82, 2.24) is 19.9 Å². The fourth-order valence-electron chi connectivity index (χ4n) is 3.56. The highest BCUT2D eigenvalue weighted by Gasteiger charge is 2.32. The van der Waals surface area contributed by atoms with Crippen LogP contribution in [-0.2, 0) is 6.18 Å². The van der Waals surface area contributed by atoms with E-state index >= 15 is 0 Å². The van der Waals surface area contributed by atoms with E-state index in [0.29, 0.717) is 11.8 Å². The smallest absolute Gasteiger partial charge is 0.328 e. The van der Waals surface area contributed by atoms with Crippen LogP contribution < -0.4 is 5.32 Å². The van der Waals surface area contributed by atoms with Crippen molar-refractivity contribution in [3.8, 4) is 11.5 Å². The van der Waals surface area contributed by atoms with Crippen LogP contribution in [0.2, 0.25) is 0 Å². The number of hydrogen-bond donors (Lipinski definition) is 1. The van der Waals surface area contributed by atoms with Gasteiger partial charge in [-0.3, -0.25) is 0 Å². The Bertz CT molecular complexity index is 1010. The molecule has 2 aliphatic carbocycles. The summed E-state index contributed by atoms with van der Waals surface area (Å²) in [6.07, 6.45) is 4.47. The van der Waals surface area contributed by atoms with E-state index in [-0.39, 0.29) is 23.4 Å². The van der Waals surface area contributed by atoms with Gasteiger partial charge in [-0.1, -0.05) is 25.0 Å². The van der Waals surface area contributed by atoms with E-state index in [4.69, 9.17) is 0 Å². The van der Waals surface area contributed by atoms with Gasteiger partial charge in [0.15, 0.2) is 5.82 Å². The molecule has 0 amide bonds. The molecule has 0 aromatic carbocycles. The van der Waals surface area contributed by atoms with Crippen molar-refractivity contribution in [1.29, 1.82) is 0 Å². The highest BCUT2D eigenvalue weighted by atomic mass is 19.4. The Balaban J connectivity index is 1.69. The molecule has 31 heavy (non-hydrogen) atoms. The Morgan fingerprint density at radius 2 is 1.77 bits per heavy atom. The molecular weight excluding hydrogens is 405 g/mol. The van der Waals surface area contributed by atoms with Crippen LogP contribution in [0, 0.1) is 11.8 Å². The number of aliphatic imine (C=N–C) groups is 1. The maximum Gasteiger partial charge on any atom is 0.433 e. The van der Waals surface area contributed by atoms with Gasteiger partial charge in [0.25, 0.3) is 5.95 Å². The van der Waals surface area contributed by atoms with Crippen LogP contribution in [0.4, 0.5) is 25.1 Å². The van der Waals surface area contributed by atoms with E-state index in [1.165, 1.54) is 25.0 Å². The number of anilines is 1. The van der Waals surface area contributed by atoms with Gasteiger partial charge in [-0.25, -0.2) is 9.98 Å². The number of nitrogens with one attached hydrogen (secondary N) is 1. The van der Waals surface area contributed by atoms with Crippen molar-refractivity contribution in [3.63, 3.8) is 0 Å². The van der Waals surface area contributed by atoms with E-state index in [2.05, 4.69) is 36.3 Å². The lowest BCUT2D eigenvalue weighted by molar-refractivity contribution is -0.141. The van der Waals surface area contributed by atoms with Gasteiger partial charge in [-0.2, -0.15) is 28.1 Å². The molecule has 164 valence electrons. The number of halogens is 3. The molecule has 2 saturated carbocycles. The Morgan fingerprint density at radius 1 is 1.03 bits per heavy atom. The predicted octanol–water partition coefficient (Wildman–Crippen LogP) is 5.96. The van der Waals surface area contributed by atoms with Crippen molar-refractivity contribution >= 4 is 17.6 Å². The second-order valence-corrected chi connectivity index (χ2v) is 8.24. The average molecular weight is 430 g/mol. The standard InChI is InChI=1S/C22H25F3N6/c1-13(12-15-6-3-7-15)26-20-29-19(17-10-5-11-18(28-17)22(23,24)25)30-21(31-20)27-14(2)16-8-4-9-16/h5,10-12,15-16H,3-4,6-9H2,1-2H3,(H,26,29,30,31). The number of rotatable bonds is 6. The van der Waals surface area contributed by atoms with Crippen LogP contribution in [0.5, 0.6) is 0 Å². The van der Waals surface area contributed by atoms with Gasteiger partial charge in [0.05, 0.1) is 0 Å². The summed E-state index contributed by atoms with van der Waals surface area (Å²) in [5.41, 5.74) is 0.855. The van der Waals surface area contributed by atoms with Gasteiger partial charge in [0.2, 0.25) is 5.95 Å². The van der Waals surface area contributed by atoms with E-state index in [9.17, 15) is 13.2 Å². The lowest BCUT2D eigenvalue weighted by Gasteiger charge is -2.24. The summed E-state index contributed by atoms with van der Waals surface area (Å²) in [6.45, 7) is 3.86. The monoisotopic (exact) mass is 430 g/mol. The van der Waals surface area contributed by atoms with E-state index in [0.717, 1.165) is 43.2 Å². The SMILES string of the molecule is CC(=CC1CCC1)Nc1nc(N=C(C)C2CCC2)nc(-c2cccc(C(F)(F)F)n2)n1. The molecule has 0 unspecified atom stereocenters. The van der Waals surface area contributed by atoms with Gasteiger partial charge in [0.1, 0.15) is 11.4 Å². The molecule has 0 bridgehead atoms. The first-order chi connectivity index (χ1) is 14.8. The Kier molecular flexibility index (Phi) is 6.02. The molecule has 6 nitrogen and oxygen atoms in total. The van der Waals surface area contributed by atoms with Crippen molar-refractivity contribution in [2.24, 2.45) is 16.8 Å². The molecule has 2 heterocycles. The summed E-state index contributed by atoms with van der Waals surface area (Å²) >= 11 is 0. The Morgan fingerprint density at radius 3 is 2.39 bits per heavy atom. The number of nitrogens with zero attached hydrogens (tertiary/aromatic N) is 5. The van der Waals surface area contributed by atoms with Crippen molar-refractivity contribution in [3.05, 3.63) is 35.7 Å². The first-order valence-corrected chi connectivity index (χ1v) is 10.6. The molecule has 0 radical (unpaired) electrons. The molecule has 2 aromatic rings. The zero-order chi connectivity index (χ0) is 22.0. The van der Waals surface area contributed by atoms with Crippen LogP contribution >= 0.6 is 0 Å². The maximum absolute atomic E-state index is 13.1. The molecule has 2 aromatic heterocycles. The largest absolute Gasteiger partial charge is 0.433 e. The van der Waals surface area contributed by atoms with Gasteiger partial charge < -0.3 is 5.32 Å². The Hall–Kier alpha value is -2.84. The third kappa shape index (κ3) is 5.26. The fourth-order valence-corrected chi connectivity index (χ4v) is 3.56. The van der Waals surface area contributed by atoms with Crippen molar-refractivity contribution in [2.45, 2.75) is 58.5 Å². The van der Waals surface area contributed by atoms with Crippen LogP contribution in [0.25, 0.3) is 11.5 Å². The summed E-state index contributed by atoms with van der Waals surface area (Å²) in [5, 5.41) is 3.15. The fraction of sp³-hybridized carbons (Fsp3) is 0.500. The lowest BCUT2D eigenvalue weighted by Crippen LogP contribution is -2.19. The quantitative estimate of drug-likeness (QED) is 0.572. The maximum atomic E-state index is 13.1. The van der Waals surface area contributed by atoms with Crippen LogP contribution in [0.15, 0.2) is 35.0 Å². The zero-order valence-electron chi connectivity index (χ0n) is 17.6. The minimum absolute atomic E-state index is 0.0265.